The van der Waals surface area contributed by atoms with E-state index in [9.17, 15) is 9.59 Å². The summed E-state index contributed by atoms with van der Waals surface area (Å²) in [6, 6.07) is 10.6. The highest BCUT2D eigenvalue weighted by atomic mass is 32.2. The van der Waals surface area contributed by atoms with Gasteiger partial charge < -0.3 is 14.8 Å². The van der Waals surface area contributed by atoms with Crippen molar-refractivity contribution in [3.63, 3.8) is 0 Å². The van der Waals surface area contributed by atoms with Crippen LogP contribution in [0.5, 0.6) is 5.75 Å². The van der Waals surface area contributed by atoms with E-state index in [0.717, 1.165) is 18.6 Å². The molecule has 32 heavy (non-hydrogen) atoms. The molecule has 3 heterocycles. The number of nitrogens with zero attached hydrogens (tertiary/aromatic N) is 3. The Morgan fingerprint density at radius 1 is 1.34 bits per heavy atom. The number of thioether (sulfide) groups is 1. The molecule has 4 rings (SSSR count). The van der Waals surface area contributed by atoms with Crippen molar-refractivity contribution >= 4 is 34.4 Å². The molecule has 0 saturated carbocycles. The van der Waals surface area contributed by atoms with Crippen molar-refractivity contribution < 1.29 is 14.3 Å². The number of methoxy groups -OCH3 is 1. The molecule has 0 aliphatic carbocycles. The number of carbonyl (C=O) groups excluding carboxylic acids is 1. The van der Waals surface area contributed by atoms with Crippen LogP contribution >= 0.6 is 11.8 Å². The second kappa shape index (κ2) is 10.1. The summed E-state index contributed by atoms with van der Waals surface area (Å²) >= 11 is 1.28. The number of carbonyl (C=O) groups is 1. The SMILES string of the molecule is CCC(Sc1nc2ncccc2c(=O)n1CC1CCCO1)C(=O)Nc1ccc(OC)cc1. The molecule has 1 amide bonds. The van der Waals surface area contributed by atoms with E-state index in [2.05, 4.69) is 15.3 Å². The van der Waals surface area contributed by atoms with E-state index in [4.69, 9.17) is 9.47 Å². The molecule has 1 N–H and O–H groups in total. The highest BCUT2D eigenvalue weighted by Gasteiger charge is 2.25. The molecule has 9 heteroatoms. The Balaban J connectivity index is 1.61. The molecule has 0 bridgehead atoms. The first-order valence-electron chi connectivity index (χ1n) is 10.7. The van der Waals surface area contributed by atoms with Crippen LogP contribution in [-0.4, -0.2) is 45.5 Å². The number of hydrogen-bond acceptors (Lipinski definition) is 7. The Morgan fingerprint density at radius 3 is 2.84 bits per heavy atom. The highest BCUT2D eigenvalue weighted by molar-refractivity contribution is 8.00. The van der Waals surface area contributed by atoms with Crippen LogP contribution in [0.15, 0.2) is 52.5 Å². The minimum Gasteiger partial charge on any atom is -0.497 e. The minimum atomic E-state index is -0.430. The minimum absolute atomic E-state index is 0.0313. The van der Waals surface area contributed by atoms with Crippen molar-refractivity contribution in [1.29, 1.82) is 0 Å². The Labute approximate surface area is 190 Å². The number of fused-ring (bicyclic) bond motifs is 1. The maximum absolute atomic E-state index is 13.2. The molecule has 1 fully saturated rings. The average molecular weight is 455 g/mol. The third kappa shape index (κ3) is 4.94. The largest absolute Gasteiger partial charge is 0.497 e. The summed E-state index contributed by atoms with van der Waals surface area (Å²) in [5.41, 5.74) is 0.903. The molecule has 168 valence electrons. The van der Waals surface area contributed by atoms with E-state index in [0.29, 0.717) is 41.4 Å². The molecule has 0 spiro atoms. The van der Waals surface area contributed by atoms with Crippen molar-refractivity contribution in [2.24, 2.45) is 0 Å². The van der Waals surface area contributed by atoms with Gasteiger partial charge in [0.25, 0.3) is 5.56 Å². The van der Waals surface area contributed by atoms with Gasteiger partial charge in [-0.15, -0.1) is 0 Å². The first-order valence-corrected chi connectivity index (χ1v) is 11.6. The molecule has 1 aromatic carbocycles. The van der Waals surface area contributed by atoms with Crippen LogP contribution in [-0.2, 0) is 16.1 Å². The van der Waals surface area contributed by atoms with Crippen LogP contribution in [0.25, 0.3) is 11.0 Å². The standard InChI is InChI=1S/C23H26N4O4S/c1-3-19(21(28)25-15-8-10-16(30-2)11-9-15)32-23-26-20-18(7-4-12-24-20)22(29)27(23)14-17-6-5-13-31-17/h4,7-12,17,19H,3,5-6,13-14H2,1-2H3,(H,25,28). The number of amides is 1. The van der Waals surface area contributed by atoms with Crippen molar-refractivity contribution in [2.45, 2.75) is 49.2 Å². The van der Waals surface area contributed by atoms with E-state index in [1.165, 1.54) is 11.8 Å². The monoisotopic (exact) mass is 454 g/mol. The van der Waals surface area contributed by atoms with Crippen molar-refractivity contribution in [2.75, 3.05) is 19.0 Å². The lowest BCUT2D eigenvalue weighted by Gasteiger charge is -2.19. The van der Waals surface area contributed by atoms with E-state index in [1.807, 2.05) is 6.92 Å². The van der Waals surface area contributed by atoms with Gasteiger partial charge in [-0.05, 0) is 55.7 Å². The summed E-state index contributed by atoms with van der Waals surface area (Å²) in [6.07, 6.45) is 4.03. The second-order valence-electron chi connectivity index (χ2n) is 7.55. The van der Waals surface area contributed by atoms with Gasteiger partial charge in [0.15, 0.2) is 10.8 Å². The Morgan fingerprint density at radius 2 is 2.16 bits per heavy atom. The van der Waals surface area contributed by atoms with Crippen molar-refractivity contribution in [3.05, 3.63) is 52.9 Å². The Bertz CT molecular complexity index is 1140. The topological polar surface area (TPSA) is 95.3 Å². The molecule has 2 unspecified atom stereocenters. The van der Waals surface area contributed by atoms with E-state index in [1.54, 1.807) is 54.3 Å². The van der Waals surface area contributed by atoms with Gasteiger partial charge in [-0.1, -0.05) is 18.7 Å². The van der Waals surface area contributed by atoms with Gasteiger partial charge in [-0.2, -0.15) is 0 Å². The van der Waals surface area contributed by atoms with Crippen LogP contribution in [0.2, 0.25) is 0 Å². The Hall–Kier alpha value is -2.91. The smallest absolute Gasteiger partial charge is 0.263 e. The molecule has 2 aromatic heterocycles. The number of nitrogens with one attached hydrogen (secondary N) is 1. The number of hydrogen-bond donors (Lipinski definition) is 1. The predicted molar refractivity (Wildman–Crippen MR) is 124 cm³/mol. The number of rotatable bonds is 8. The molecule has 2 atom stereocenters. The lowest BCUT2D eigenvalue weighted by Crippen LogP contribution is -2.31. The fraction of sp³-hybridized carbons (Fsp3) is 0.391. The zero-order chi connectivity index (χ0) is 22.5. The molecular weight excluding hydrogens is 428 g/mol. The molecule has 1 aliphatic rings. The highest BCUT2D eigenvalue weighted by Crippen LogP contribution is 2.27. The maximum atomic E-state index is 13.2. The van der Waals surface area contributed by atoms with Gasteiger partial charge in [0, 0.05) is 18.5 Å². The fourth-order valence-electron chi connectivity index (χ4n) is 3.63. The summed E-state index contributed by atoms with van der Waals surface area (Å²) in [6.45, 7) is 3.05. The Kier molecular flexibility index (Phi) is 7.06. The zero-order valence-electron chi connectivity index (χ0n) is 18.1. The summed E-state index contributed by atoms with van der Waals surface area (Å²) < 4.78 is 12.5. The average Bonchev–Trinajstić information content (AvgIpc) is 3.33. The maximum Gasteiger partial charge on any atom is 0.263 e. The number of anilines is 1. The third-order valence-electron chi connectivity index (χ3n) is 5.37. The third-order valence-corrected chi connectivity index (χ3v) is 6.73. The second-order valence-corrected chi connectivity index (χ2v) is 8.72. The van der Waals surface area contributed by atoms with Crippen molar-refractivity contribution in [1.82, 2.24) is 14.5 Å². The first-order chi connectivity index (χ1) is 15.6. The van der Waals surface area contributed by atoms with Gasteiger partial charge in [-0.25, -0.2) is 9.97 Å². The van der Waals surface area contributed by atoms with Crippen LogP contribution in [0, 0.1) is 0 Å². The predicted octanol–water partition coefficient (Wildman–Crippen LogP) is 3.49. The van der Waals surface area contributed by atoms with Gasteiger partial charge in [0.2, 0.25) is 5.91 Å². The van der Waals surface area contributed by atoms with Gasteiger partial charge >= 0.3 is 0 Å². The molecule has 8 nitrogen and oxygen atoms in total. The number of benzene rings is 1. The van der Waals surface area contributed by atoms with Crippen molar-refractivity contribution in [3.8, 4) is 5.75 Å². The molecule has 1 aliphatic heterocycles. The quantitative estimate of drug-likeness (QED) is 0.411. The summed E-state index contributed by atoms with van der Waals surface area (Å²) in [7, 11) is 1.60. The number of ether oxygens (including phenoxy) is 2. The molecular formula is C23H26N4O4S. The van der Waals surface area contributed by atoms with Gasteiger partial charge in [0.1, 0.15) is 5.75 Å². The first kappa shape index (κ1) is 22.3. The number of pyridine rings is 1. The van der Waals surface area contributed by atoms with Crippen LogP contribution in [0.3, 0.4) is 0 Å². The van der Waals surface area contributed by atoms with Gasteiger partial charge in [-0.3, -0.25) is 14.2 Å². The summed E-state index contributed by atoms with van der Waals surface area (Å²) in [5.74, 6) is 0.567. The fourth-order valence-corrected chi connectivity index (χ4v) is 4.64. The molecule has 1 saturated heterocycles. The number of aromatic nitrogens is 3. The molecule has 3 aromatic rings. The van der Waals surface area contributed by atoms with Crippen LogP contribution in [0.1, 0.15) is 26.2 Å². The van der Waals surface area contributed by atoms with Crippen LogP contribution in [0.4, 0.5) is 5.69 Å². The lowest BCUT2D eigenvalue weighted by atomic mass is 10.2. The lowest BCUT2D eigenvalue weighted by molar-refractivity contribution is -0.115. The van der Waals surface area contributed by atoms with E-state index < -0.39 is 5.25 Å². The normalized spacial score (nSPS) is 16.8. The van der Waals surface area contributed by atoms with E-state index in [-0.39, 0.29) is 17.6 Å². The zero-order valence-corrected chi connectivity index (χ0v) is 18.9. The van der Waals surface area contributed by atoms with Gasteiger partial charge in [0.05, 0.1) is 30.4 Å². The summed E-state index contributed by atoms with van der Waals surface area (Å²) in [4.78, 5) is 35.1. The summed E-state index contributed by atoms with van der Waals surface area (Å²) in [5, 5.41) is 3.45. The molecule has 0 radical (unpaired) electrons. The van der Waals surface area contributed by atoms with Crippen LogP contribution < -0.4 is 15.6 Å². The van der Waals surface area contributed by atoms with E-state index >= 15 is 0 Å².